The molecule has 0 atom stereocenters. The van der Waals surface area contributed by atoms with Crippen LogP contribution in [0.25, 0.3) is 0 Å². The Morgan fingerprint density at radius 2 is 2.27 bits per heavy atom. The van der Waals surface area contributed by atoms with Gasteiger partial charge in [0.2, 0.25) is 0 Å². The van der Waals surface area contributed by atoms with E-state index in [1.807, 2.05) is 6.07 Å². The first-order chi connectivity index (χ1) is 5.38. The lowest BCUT2D eigenvalue weighted by molar-refractivity contribution is -0.00952. The molecule has 0 bridgehead atoms. The molecule has 0 spiro atoms. The summed E-state index contributed by atoms with van der Waals surface area (Å²) in [6, 6.07) is 1.93. The van der Waals surface area contributed by atoms with Crippen LogP contribution in [0, 0.1) is 11.3 Å². The van der Waals surface area contributed by atoms with E-state index in [1.54, 1.807) is 0 Å². The molecule has 0 saturated carbocycles. The second-order valence-corrected chi connectivity index (χ2v) is 1.99. The van der Waals surface area contributed by atoms with Crippen LogP contribution in [-0.2, 0) is 14.2 Å². The average molecular weight is 155 g/mol. The summed E-state index contributed by atoms with van der Waals surface area (Å²) < 4.78 is 14.8. The zero-order chi connectivity index (χ0) is 8.10. The SMILES string of the molecule is COC=C(C#N)C1OCCO1. The summed E-state index contributed by atoms with van der Waals surface area (Å²) in [5, 5.41) is 8.56. The largest absolute Gasteiger partial charge is 0.503 e. The Kier molecular flexibility index (Phi) is 2.90. The fourth-order valence-electron chi connectivity index (χ4n) is 0.800. The van der Waals surface area contributed by atoms with Gasteiger partial charge in [-0.05, 0) is 0 Å². The molecule has 0 aliphatic carbocycles. The van der Waals surface area contributed by atoms with Crippen molar-refractivity contribution < 1.29 is 14.2 Å². The monoisotopic (exact) mass is 155 g/mol. The number of nitriles is 1. The molecule has 60 valence electrons. The Balaban J connectivity index is 2.55. The Morgan fingerprint density at radius 3 is 2.73 bits per heavy atom. The highest BCUT2D eigenvalue weighted by atomic mass is 16.7. The molecule has 1 saturated heterocycles. The van der Waals surface area contributed by atoms with E-state index in [-0.39, 0.29) is 0 Å². The lowest BCUT2D eigenvalue weighted by atomic mass is 10.3. The summed E-state index contributed by atoms with van der Waals surface area (Å²) in [5.41, 5.74) is 0.366. The van der Waals surface area contributed by atoms with Crippen LogP contribution < -0.4 is 0 Å². The van der Waals surface area contributed by atoms with E-state index >= 15 is 0 Å². The third-order valence-corrected chi connectivity index (χ3v) is 1.25. The summed E-state index contributed by atoms with van der Waals surface area (Å²) >= 11 is 0. The molecule has 0 aromatic rings. The molecule has 1 aliphatic heterocycles. The number of nitrogens with zero attached hydrogens (tertiary/aromatic N) is 1. The second kappa shape index (κ2) is 3.96. The van der Waals surface area contributed by atoms with Crippen molar-refractivity contribution >= 4 is 0 Å². The maximum absolute atomic E-state index is 8.56. The summed E-state index contributed by atoms with van der Waals surface area (Å²) in [4.78, 5) is 0. The molecule has 11 heavy (non-hydrogen) atoms. The Hall–Kier alpha value is -1.05. The summed E-state index contributed by atoms with van der Waals surface area (Å²) in [6.45, 7) is 1.07. The van der Waals surface area contributed by atoms with Crippen LogP contribution in [0.4, 0.5) is 0 Å². The van der Waals surface area contributed by atoms with Crippen molar-refractivity contribution in [2.45, 2.75) is 6.29 Å². The first kappa shape index (κ1) is 8.05. The van der Waals surface area contributed by atoms with Crippen molar-refractivity contribution in [1.29, 1.82) is 5.26 Å². The van der Waals surface area contributed by atoms with E-state index < -0.39 is 6.29 Å². The van der Waals surface area contributed by atoms with E-state index in [0.29, 0.717) is 18.8 Å². The van der Waals surface area contributed by atoms with Gasteiger partial charge in [-0.2, -0.15) is 5.26 Å². The minimum atomic E-state index is -0.528. The molecule has 1 heterocycles. The topological polar surface area (TPSA) is 51.5 Å². The van der Waals surface area contributed by atoms with Gasteiger partial charge in [0.25, 0.3) is 0 Å². The third kappa shape index (κ3) is 1.93. The molecule has 1 fully saturated rings. The maximum Gasteiger partial charge on any atom is 0.196 e. The molecule has 0 unspecified atom stereocenters. The molecule has 1 rings (SSSR count). The van der Waals surface area contributed by atoms with E-state index in [9.17, 15) is 0 Å². The normalized spacial score (nSPS) is 19.8. The minimum absolute atomic E-state index is 0.366. The summed E-state index contributed by atoms with van der Waals surface area (Å²) in [5.74, 6) is 0. The molecule has 1 aliphatic rings. The Bertz CT molecular complexity index is 188. The van der Waals surface area contributed by atoms with Gasteiger partial charge < -0.3 is 14.2 Å². The molecular weight excluding hydrogens is 146 g/mol. The van der Waals surface area contributed by atoms with Crippen molar-refractivity contribution in [1.82, 2.24) is 0 Å². The van der Waals surface area contributed by atoms with Crippen LogP contribution >= 0.6 is 0 Å². The van der Waals surface area contributed by atoms with Crippen LogP contribution in [0.2, 0.25) is 0 Å². The highest BCUT2D eigenvalue weighted by Gasteiger charge is 2.20. The average Bonchev–Trinajstić information content (AvgIpc) is 2.52. The van der Waals surface area contributed by atoms with Gasteiger partial charge in [0.1, 0.15) is 17.9 Å². The molecule has 0 radical (unpaired) electrons. The van der Waals surface area contributed by atoms with Gasteiger partial charge in [0.05, 0.1) is 20.3 Å². The van der Waals surface area contributed by atoms with Gasteiger partial charge in [-0.3, -0.25) is 0 Å². The molecule has 0 aromatic heterocycles. The van der Waals surface area contributed by atoms with Gasteiger partial charge in [-0.1, -0.05) is 0 Å². The van der Waals surface area contributed by atoms with Gasteiger partial charge >= 0.3 is 0 Å². The number of rotatable bonds is 2. The van der Waals surface area contributed by atoms with Crippen molar-refractivity contribution in [3.05, 3.63) is 11.8 Å². The third-order valence-electron chi connectivity index (χ3n) is 1.25. The predicted molar refractivity (Wildman–Crippen MR) is 36.4 cm³/mol. The first-order valence-corrected chi connectivity index (χ1v) is 3.24. The summed E-state index contributed by atoms with van der Waals surface area (Å²) in [7, 11) is 1.48. The molecule has 4 nitrogen and oxygen atoms in total. The number of methoxy groups -OCH3 is 1. The van der Waals surface area contributed by atoms with Gasteiger partial charge in [0.15, 0.2) is 6.29 Å². The lowest BCUT2D eigenvalue weighted by Gasteiger charge is -2.05. The van der Waals surface area contributed by atoms with Crippen molar-refractivity contribution in [2.24, 2.45) is 0 Å². The van der Waals surface area contributed by atoms with Crippen molar-refractivity contribution in [2.75, 3.05) is 20.3 Å². The second-order valence-electron chi connectivity index (χ2n) is 1.99. The molecule has 0 N–H and O–H groups in total. The van der Waals surface area contributed by atoms with E-state index in [0.717, 1.165) is 0 Å². The fraction of sp³-hybridized carbons (Fsp3) is 0.571. The molecule has 0 aromatic carbocycles. The van der Waals surface area contributed by atoms with Gasteiger partial charge in [0, 0.05) is 0 Å². The van der Waals surface area contributed by atoms with Crippen LogP contribution in [0.5, 0.6) is 0 Å². The van der Waals surface area contributed by atoms with E-state index in [2.05, 4.69) is 4.74 Å². The van der Waals surface area contributed by atoms with Crippen molar-refractivity contribution in [3.8, 4) is 6.07 Å². The molecule has 4 heteroatoms. The standard InChI is InChI=1S/C7H9NO3/c1-9-5-6(4-8)7-10-2-3-11-7/h5,7H,2-3H2,1H3. The van der Waals surface area contributed by atoms with Crippen LogP contribution in [0.15, 0.2) is 11.8 Å². The zero-order valence-corrected chi connectivity index (χ0v) is 6.24. The molecular formula is C7H9NO3. The van der Waals surface area contributed by atoms with Gasteiger partial charge in [-0.15, -0.1) is 0 Å². The Labute approximate surface area is 65.0 Å². The number of hydrogen-bond acceptors (Lipinski definition) is 4. The molecule has 0 amide bonds. The Morgan fingerprint density at radius 1 is 1.64 bits per heavy atom. The zero-order valence-electron chi connectivity index (χ0n) is 6.24. The van der Waals surface area contributed by atoms with Crippen LogP contribution in [0.3, 0.4) is 0 Å². The highest BCUT2D eigenvalue weighted by molar-refractivity contribution is 5.21. The highest BCUT2D eigenvalue weighted by Crippen LogP contribution is 2.12. The van der Waals surface area contributed by atoms with E-state index in [1.165, 1.54) is 13.4 Å². The van der Waals surface area contributed by atoms with Gasteiger partial charge in [-0.25, -0.2) is 0 Å². The first-order valence-electron chi connectivity index (χ1n) is 3.24. The minimum Gasteiger partial charge on any atom is -0.503 e. The van der Waals surface area contributed by atoms with Crippen molar-refractivity contribution in [3.63, 3.8) is 0 Å². The quantitative estimate of drug-likeness (QED) is 0.428. The smallest absolute Gasteiger partial charge is 0.196 e. The summed E-state index contributed by atoms with van der Waals surface area (Å²) in [6.07, 6.45) is 0.802. The fourth-order valence-corrected chi connectivity index (χ4v) is 0.800. The van der Waals surface area contributed by atoms with E-state index in [4.69, 9.17) is 14.7 Å². The number of hydrogen-bond donors (Lipinski definition) is 0. The number of ether oxygens (including phenoxy) is 3. The lowest BCUT2D eigenvalue weighted by Crippen LogP contribution is -2.10. The maximum atomic E-state index is 8.56. The predicted octanol–water partition coefficient (Wildman–Crippen LogP) is 0.413. The van der Waals surface area contributed by atoms with Crippen LogP contribution in [0.1, 0.15) is 0 Å². The van der Waals surface area contributed by atoms with Crippen LogP contribution in [-0.4, -0.2) is 26.6 Å².